The molecule has 0 saturated carbocycles. The molecule has 0 N–H and O–H groups in total. The van der Waals surface area contributed by atoms with Crippen molar-refractivity contribution in [3.63, 3.8) is 0 Å². The molecule has 0 amide bonds. The van der Waals surface area contributed by atoms with Gasteiger partial charge in [-0.25, -0.2) is 0 Å². The standard InChI is InChI=1S/C13H16BrClO2/c1-9-5-6-11(17-9)8-16-13-10(7-15)3-2-4-12(13)14/h2-4,9,11H,5-8H2,1H3. The van der Waals surface area contributed by atoms with Crippen molar-refractivity contribution in [1.82, 2.24) is 0 Å². The molecule has 1 aromatic carbocycles. The Labute approximate surface area is 115 Å². The van der Waals surface area contributed by atoms with Gasteiger partial charge in [-0.3, -0.25) is 0 Å². The second-order valence-corrected chi connectivity index (χ2v) is 5.44. The summed E-state index contributed by atoms with van der Waals surface area (Å²) in [5.74, 6) is 1.29. The minimum absolute atomic E-state index is 0.209. The Morgan fingerprint density at radius 2 is 2.29 bits per heavy atom. The van der Waals surface area contributed by atoms with E-state index in [0.29, 0.717) is 18.6 Å². The van der Waals surface area contributed by atoms with Gasteiger partial charge in [0, 0.05) is 5.56 Å². The monoisotopic (exact) mass is 318 g/mol. The third kappa shape index (κ3) is 3.36. The third-order valence-electron chi connectivity index (χ3n) is 2.93. The number of halogens is 2. The predicted octanol–water partition coefficient (Wildman–Crippen LogP) is 4.13. The average molecular weight is 320 g/mol. The number of alkyl halides is 1. The molecule has 1 aliphatic heterocycles. The van der Waals surface area contributed by atoms with Crippen molar-refractivity contribution < 1.29 is 9.47 Å². The predicted molar refractivity (Wildman–Crippen MR) is 72.8 cm³/mol. The number of ether oxygens (including phenoxy) is 2. The third-order valence-corrected chi connectivity index (χ3v) is 3.84. The maximum atomic E-state index is 5.89. The van der Waals surface area contributed by atoms with Gasteiger partial charge in [-0.05, 0) is 41.8 Å². The highest BCUT2D eigenvalue weighted by Crippen LogP contribution is 2.31. The van der Waals surface area contributed by atoms with Gasteiger partial charge < -0.3 is 9.47 Å². The number of benzene rings is 1. The first-order chi connectivity index (χ1) is 8.20. The maximum Gasteiger partial charge on any atom is 0.138 e. The Balaban J connectivity index is 1.98. The molecule has 0 aromatic heterocycles. The molecule has 0 spiro atoms. The summed E-state index contributed by atoms with van der Waals surface area (Å²) < 4.78 is 12.5. The molecule has 1 saturated heterocycles. The van der Waals surface area contributed by atoms with Crippen LogP contribution < -0.4 is 4.74 Å². The minimum atomic E-state index is 0.209. The van der Waals surface area contributed by atoms with Crippen LogP contribution >= 0.6 is 27.5 Å². The Morgan fingerprint density at radius 3 is 2.94 bits per heavy atom. The van der Waals surface area contributed by atoms with Gasteiger partial charge in [0.25, 0.3) is 0 Å². The zero-order valence-corrected chi connectivity index (χ0v) is 12.1. The molecule has 0 bridgehead atoms. The van der Waals surface area contributed by atoms with E-state index in [9.17, 15) is 0 Å². The summed E-state index contributed by atoms with van der Waals surface area (Å²) in [6.45, 7) is 2.69. The molecule has 94 valence electrons. The van der Waals surface area contributed by atoms with Crippen LogP contribution in [0.1, 0.15) is 25.3 Å². The first-order valence-electron chi connectivity index (χ1n) is 5.82. The molecule has 17 heavy (non-hydrogen) atoms. The normalized spacial score (nSPS) is 23.9. The quantitative estimate of drug-likeness (QED) is 0.777. The number of hydrogen-bond donors (Lipinski definition) is 0. The van der Waals surface area contributed by atoms with Crippen molar-refractivity contribution in [2.24, 2.45) is 0 Å². The van der Waals surface area contributed by atoms with E-state index in [1.165, 1.54) is 0 Å². The molecule has 1 heterocycles. The highest BCUT2D eigenvalue weighted by atomic mass is 79.9. The summed E-state index contributed by atoms with van der Waals surface area (Å²) in [6.07, 6.45) is 2.75. The summed E-state index contributed by atoms with van der Waals surface area (Å²) >= 11 is 9.38. The van der Waals surface area contributed by atoms with Crippen LogP contribution in [0.5, 0.6) is 5.75 Å². The summed E-state index contributed by atoms with van der Waals surface area (Å²) in [6, 6.07) is 5.90. The summed E-state index contributed by atoms with van der Waals surface area (Å²) in [5, 5.41) is 0. The summed E-state index contributed by atoms with van der Waals surface area (Å²) in [7, 11) is 0. The Hall–Kier alpha value is -0.250. The van der Waals surface area contributed by atoms with E-state index >= 15 is 0 Å². The lowest BCUT2D eigenvalue weighted by molar-refractivity contribution is 0.0261. The first kappa shape index (κ1) is 13.2. The van der Waals surface area contributed by atoms with E-state index in [2.05, 4.69) is 22.9 Å². The Morgan fingerprint density at radius 1 is 1.47 bits per heavy atom. The molecule has 4 heteroatoms. The first-order valence-corrected chi connectivity index (χ1v) is 7.15. The second-order valence-electron chi connectivity index (χ2n) is 4.32. The highest BCUT2D eigenvalue weighted by Gasteiger charge is 2.22. The number of para-hydroxylation sites is 1. The van der Waals surface area contributed by atoms with Gasteiger partial charge in [-0.15, -0.1) is 11.6 Å². The SMILES string of the molecule is CC1CCC(COc2c(Br)cccc2CCl)O1. The van der Waals surface area contributed by atoms with E-state index < -0.39 is 0 Å². The molecule has 0 aliphatic carbocycles. The van der Waals surface area contributed by atoms with Crippen LogP contribution in [-0.4, -0.2) is 18.8 Å². The summed E-state index contributed by atoms with van der Waals surface area (Å²) in [5.41, 5.74) is 1.01. The largest absolute Gasteiger partial charge is 0.489 e. The van der Waals surface area contributed by atoms with Crippen LogP contribution in [0.4, 0.5) is 0 Å². The number of rotatable bonds is 4. The second kappa shape index (κ2) is 6.07. The van der Waals surface area contributed by atoms with Gasteiger partial charge >= 0.3 is 0 Å². The van der Waals surface area contributed by atoms with Crippen LogP contribution in [0, 0.1) is 0 Å². The molecule has 2 atom stereocenters. The molecule has 0 radical (unpaired) electrons. The van der Waals surface area contributed by atoms with Crippen LogP contribution in [-0.2, 0) is 10.6 Å². The van der Waals surface area contributed by atoms with Crippen molar-refractivity contribution in [3.8, 4) is 5.75 Å². The fourth-order valence-corrected chi connectivity index (χ4v) is 2.74. The van der Waals surface area contributed by atoms with Crippen LogP contribution in [0.3, 0.4) is 0 Å². The van der Waals surface area contributed by atoms with Crippen LogP contribution in [0.25, 0.3) is 0 Å². The number of hydrogen-bond acceptors (Lipinski definition) is 2. The van der Waals surface area contributed by atoms with E-state index in [-0.39, 0.29) is 6.10 Å². The van der Waals surface area contributed by atoms with E-state index in [1.54, 1.807) is 0 Å². The molecule has 2 unspecified atom stereocenters. The molecular weight excluding hydrogens is 303 g/mol. The smallest absolute Gasteiger partial charge is 0.138 e. The lowest BCUT2D eigenvalue weighted by atomic mass is 10.2. The average Bonchev–Trinajstić information content (AvgIpc) is 2.73. The molecule has 1 aliphatic rings. The fraction of sp³-hybridized carbons (Fsp3) is 0.538. The topological polar surface area (TPSA) is 18.5 Å². The lowest BCUT2D eigenvalue weighted by Crippen LogP contribution is -2.18. The lowest BCUT2D eigenvalue weighted by Gasteiger charge is -2.15. The van der Waals surface area contributed by atoms with Gasteiger partial charge in [0.15, 0.2) is 0 Å². The van der Waals surface area contributed by atoms with E-state index in [1.807, 2.05) is 18.2 Å². The highest BCUT2D eigenvalue weighted by molar-refractivity contribution is 9.10. The van der Waals surface area contributed by atoms with Crippen LogP contribution in [0.2, 0.25) is 0 Å². The zero-order valence-electron chi connectivity index (χ0n) is 9.79. The van der Waals surface area contributed by atoms with Crippen molar-refractivity contribution in [3.05, 3.63) is 28.2 Å². The molecule has 2 rings (SSSR count). The molecule has 1 fully saturated rings. The molecule has 2 nitrogen and oxygen atoms in total. The summed E-state index contributed by atoms with van der Waals surface area (Å²) in [4.78, 5) is 0. The Kier molecular flexibility index (Phi) is 4.71. The van der Waals surface area contributed by atoms with E-state index in [0.717, 1.165) is 28.6 Å². The van der Waals surface area contributed by atoms with Gasteiger partial charge in [0.1, 0.15) is 12.4 Å². The van der Waals surface area contributed by atoms with Gasteiger partial charge in [-0.1, -0.05) is 12.1 Å². The van der Waals surface area contributed by atoms with Gasteiger partial charge in [0.05, 0.1) is 22.6 Å². The van der Waals surface area contributed by atoms with Crippen molar-refractivity contribution in [2.45, 2.75) is 37.9 Å². The van der Waals surface area contributed by atoms with Crippen molar-refractivity contribution in [2.75, 3.05) is 6.61 Å². The van der Waals surface area contributed by atoms with Gasteiger partial charge in [-0.2, -0.15) is 0 Å². The van der Waals surface area contributed by atoms with Gasteiger partial charge in [0.2, 0.25) is 0 Å². The van der Waals surface area contributed by atoms with Crippen molar-refractivity contribution in [1.29, 1.82) is 0 Å². The van der Waals surface area contributed by atoms with E-state index in [4.69, 9.17) is 21.1 Å². The molecule has 1 aromatic rings. The maximum absolute atomic E-state index is 5.89. The molecular formula is C13H16BrClO2. The van der Waals surface area contributed by atoms with Crippen LogP contribution in [0.15, 0.2) is 22.7 Å². The van der Waals surface area contributed by atoms with Crippen molar-refractivity contribution >= 4 is 27.5 Å². The zero-order chi connectivity index (χ0) is 12.3. The fourth-order valence-electron chi connectivity index (χ4n) is 2.00. The minimum Gasteiger partial charge on any atom is -0.489 e. The Bertz CT molecular complexity index is 384.